The highest BCUT2D eigenvalue weighted by Gasteiger charge is 2.22. The van der Waals surface area contributed by atoms with Crippen LogP contribution in [-0.2, 0) is 12.5 Å². The molecule has 1 aliphatic heterocycles. The molecule has 5 rings (SSSR count). The smallest absolute Gasteiger partial charge is 0.282 e. The van der Waals surface area contributed by atoms with E-state index in [2.05, 4.69) is 27.3 Å². The lowest BCUT2D eigenvalue weighted by Gasteiger charge is -2.34. The van der Waals surface area contributed by atoms with Gasteiger partial charge in [0.15, 0.2) is 0 Å². The number of hydrogen-bond acceptors (Lipinski definition) is 8. The van der Waals surface area contributed by atoms with Gasteiger partial charge in [-0.2, -0.15) is 9.78 Å². The lowest BCUT2D eigenvalue weighted by Crippen LogP contribution is -2.44. The Labute approximate surface area is 280 Å². The summed E-state index contributed by atoms with van der Waals surface area (Å²) in [7, 11) is 3.78. The zero-order valence-corrected chi connectivity index (χ0v) is 28.9. The van der Waals surface area contributed by atoms with Gasteiger partial charge in [0.25, 0.3) is 11.1 Å². The maximum atomic E-state index is 15.5. The number of rotatable bonds is 8. The van der Waals surface area contributed by atoms with Crippen LogP contribution >= 0.6 is 0 Å². The molecule has 1 saturated heterocycles. The van der Waals surface area contributed by atoms with E-state index in [1.807, 2.05) is 59.1 Å². The summed E-state index contributed by atoms with van der Waals surface area (Å²) in [6, 6.07) is 4.93. The Morgan fingerprint density at radius 1 is 1.12 bits per heavy atom. The number of aliphatic hydroxyl groups is 1. The molecule has 254 valence electrons. The number of halogens is 1. The fourth-order valence-corrected chi connectivity index (χ4v) is 6.04. The molecule has 0 spiro atoms. The van der Waals surface area contributed by atoms with Gasteiger partial charge in [-0.15, -0.1) is 0 Å². The summed E-state index contributed by atoms with van der Waals surface area (Å²) in [4.78, 5) is 36.3. The summed E-state index contributed by atoms with van der Waals surface area (Å²) in [5, 5.41) is 18.7. The van der Waals surface area contributed by atoms with Crippen molar-refractivity contribution in [3.05, 3.63) is 104 Å². The third kappa shape index (κ3) is 7.27. The Hall–Kier alpha value is -4.61. The van der Waals surface area contributed by atoms with E-state index in [4.69, 9.17) is 4.99 Å². The van der Waals surface area contributed by atoms with Gasteiger partial charge in [0.05, 0.1) is 29.6 Å². The zero-order chi connectivity index (χ0) is 34.7. The number of piperazine rings is 1. The number of allylic oxidation sites excluding steroid dienone is 6. The number of nitrogens with one attached hydrogen (secondary N) is 1. The van der Waals surface area contributed by atoms with Gasteiger partial charge in [-0.3, -0.25) is 14.6 Å². The average molecular weight is 656 g/mol. The Balaban J connectivity index is 1.49. The molecule has 2 N–H and O–H groups in total. The van der Waals surface area contributed by atoms with Crippen LogP contribution < -0.4 is 16.4 Å². The van der Waals surface area contributed by atoms with Crippen molar-refractivity contribution in [1.82, 2.24) is 24.1 Å². The van der Waals surface area contributed by atoms with Crippen LogP contribution in [0.5, 0.6) is 0 Å². The summed E-state index contributed by atoms with van der Waals surface area (Å²) in [5.41, 5.74) is 3.02. The topological polar surface area (TPSA) is 108 Å². The van der Waals surface area contributed by atoms with Crippen LogP contribution in [0.4, 0.5) is 10.1 Å². The van der Waals surface area contributed by atoms with Crippen molar-refractivity contribution < 1.29 is 9.50 Å². The molecule has 10 nitrogen and oxygen atoms in total. The van der Waals surface area contributed by atoms with E-state index in [1.54, 1.807) is 31.5 Å². The second-order valence-electron chi connectivity index (χ2n) is 13.5. The molecule has 11 heteroatoms. The third-order valence-corrected chi connectivity index (χ3v) is 8.91. The van der Waals surface area contributed by atoms with Crippen molar-refractivity contribution in [1.29, 1.82) is 0 Å². The van der Waals surface area contributed by atoms with E-state index < -0.39 is 24.1 Å². The molecule has 1 aliphatic carbocycles. The number of aliphatic hydroxyl groups excluding tert-OH is 1. The van der Waals surface area contributed by atoms with Crippen LogP contribution in [0, 0.1) is 5.82 Å². The zero-order valence-electron chi connectivity index (χ0n) is 28.9. The summed E-state index contributed by atoms with van der Waals surface area (Å²) < 4.78 is 18.1. The largest absolute Gasteiger partial charge is 0.392 e. The second-order valence-corrected chi connectivity index (χ2v) is 13.5. The van der Waals surface area contributed by atoms with Gasteiger partial charge >= 0.3 is 0 Å². The number of nitrogens with zero attached hydrogens (tertiary/aromatic N) is 6. The Bertz CT molecular complexity index is 1970. The minimum Gasteiger partial charge on any atom is -0.392 e. The predicted octanol–water partition coefficient (Wildman–Crippen LogP) is 4.76. The molecule has 0 radical (unpaired) electrons. The normalized spacial score (nSPS) is 17.3. The summed E-state index contributed by atoms with van der Waals surface area (Å²) >= 11 is 0. The van der Waals surface area contributed by atoms with Crippen molar-refractivity contribution in [3.63, 3.8) is 0 Å². The highest BCUT2D eigenvalue weighted by atomic mass is 19.1. The number of likely N-dealkylation sites (N-methyl/N-ethyl adjacent to an activating group) is 1. The van der Waals surface area contributed by atoms with Crippen LogP contribution in [0.3, 0.4) is 0 Å². The first-order chi connectivity index (χ1) is 22.8. The number of aryl methyl sites for hydroxylation is 1. The summed E-state index contributed by atoms with van der Waals surface area (Å²) in [6.45, 7) is 13.2. The molecule has 0 unspecified atom stereocenters. The Morgan fingerprint density at radius 3 is 2.52 bits per heavy atom. The molecule has 0 saturated carbocycles. The van der Waals surface area contributed by atoms with Crippen molar-refractivity contribution in [2.75, 3.05) is 45.2 Å². The van der Waals surface area contributed by atoms with Crippen molar-refractivity contribution in [2.45, 2.75) is 52.6 Å². The lowest BCUT2D eigenvalue weighted by molar-refractivity contribution is 0.193. The molecular formula is C37H46FN7O3. The fourth-order valence-electron chi connectivity index (χ4n) is 6.04. The van der Waals surface area contributed by atoms with Gasteiger partial charge in [0.2, 0.25) is 0 Å². The fraction of sp³-hybridized carbons (Fsp3) is 0.405. The number of aromatic nitrogens is 3. The molecule has 0 bridgehead atoms. The molecule has 3 heterocycles. The number of benzene rings is 1. The van der Waals surface area contributed by atoms with E-state index in [0.29, 0.717) is 39.9 Å². The second kappa shape index (κ2) is 14.2. The summed E-state index contributed by atoms with van der Waals surface area (Å²) in [6.07, 6.45) is 12.7. The SMILES string of the molecule is C/C=C(\C=N/[C@@H](C)Nc1cc(C2=CCC=CC(n3ncc4cc(C(C)(C)C)cc(F)c4c3=O)=C2CO)cn(C)c1=O)N1CCN(C)CC1. The molecular weight excluding hydrogens is 609 g/mol. The van der Waals surface area contributed by atoms with E-state index >= 15 is 4.39 Å². The van der Waals surface area contributed by atoms with Crippen molar-refractivity contribution in [3.8, 4) is 0 Å². The van der Waals surface area contributed by atoms with Crippen LogP contribution in [0.25, 0.3) is 22.0 Å². The van der Waals surface area contributed by atoms with E-state index in [9.17, 15) is 14.7 Å². The van der Waals surface area contributed by atoms with Crippen molar-refractivity contribution >= 4 is 33.9 Å². The van der Waals surface area contributed by atoms with E-state index in [0.717, 1.165) is 42.1 Å². The summed E-state index contributed by atoms with van der Waals surface area (Å²) in [5.74, 6) is -0.617. The highest BCUT2D eigenvalue weighted by molar-refractivity contribution is 5.90. The minimum atomic E-state index is -0.621. The first-order valence-corrected chi connectivity index (χ1v) is 16.4. The van der Waals surface area contributed by atoms with Gasteiger partial charge < -0.3 is 24.8 Å². The van der Waals surface area contributed by atoms with Crippen molar-refractivity contribution in [2.24, 2.45) is 12.0 Å². The molecule has 3 aromatic rings. The standard InChI is InChI=1S/C37H46FN7O3/c1-8-28(44-15-13-42(6)14-16-44)21-39-24(2)41-32-18-26(22-43(7)35(32)47)29-11-9-10-12-33(30(29)23-46)45-36(48)34-25(20-40-45)17-27(19-31(34)38)37(3,4)5/h8,10-12,17-22,24,41,46H,9,13-16,23H2,1-7H3/b28-8+,39-21-/t24-/m1/s1. The quantitative estimate of drug-likeness (QED) is 0.337. The van der Waals surface area contributed by atoms with Gasteiger partial charge in [0.1, 0.15) is 17.7 Å². The average Bonchev–Trinajstić information content (AvgIpc) is 3.26. The number of anilines is 1. The first kappa shape index (κ1) is 34.7. The monoisotopic (exact) mass is 655 g/mol. The molecule has 1 fully saturated rings. The Morgan fingerprint density at radius 2 is 1.85 bits per heavy atom. The van der Waals surface area contributed by atoms with Crippen LogP contribution in [0.15, 0.2) is 80.7 Å². The van der Waals surface area contributed by atoms with Gasteiger partial charge in [-0.25, -0.2) is 4.39 Å². The van der Waals surface area contributed by atoms with E-state index in [-0.39, 0.29) is 16.4 Å². The number of hydrogen-bond donors (Lipinski definition) is 2. The lowest BCUT2D eigenvalue weighted by atomic mass is 9.86. The van der Waals surface area contributed by atoms with E-state index in [1.165, 1.54) is 16.8 Å². The predicted molar refractivity (Wildman–Crippen MR) is 193 cm³/mol. The minimum absolute atomic E-state index is 0.0669. The molecule has 0 amide bonds. The van der Waals surface area contributed by atoms with Crippen LogP contribution in [0.1, 0.15) is 52.2 Å². The number of aliphatic imine (C=N–C) groups is 1. The molecule has 2 aliphatic rings. The highest BCUT2D eigenvalue weighted by Crippen LogP contribution is 2.32. The molecule has 48 heavy (non-hydrogen) atoms. The van der Waals surface area contributed by atoms with Crippen LogP contribution in [-0.4, -0.2) is 81.5 Å². The Kier molecular flexibility index (Phi) is 10.3. The maximum absolute atomic E-state index is 15.5. The first-order valence-electron chi connectivity index (χ1n) is 16.4. The number of fused-ring (bicyclic) bond motifs is 1. The van der Waals surface area contributed by atoms with Crippen LogP contribution in [0.2, 0.25) is 0 Å². The third-order valence-electron chi connectivity index (χ3n) is 8.91. The molecule has 2 aromatic heterocycles. The number of pyridine rings is 1. The van der Waals surface area contributed by atoms with Gasteiger partial charge in [-0.05, 0) is 68.1 Å². The van der Waals surface area contributed by atoms with Gasteiger partial charge in [0, 0.05) is 62.2 Å². The molecule has 1 atom stereocenters. The molecule has 1 aromatic carbocycles. The maximum Gasteiger partial charge on any atom is 0.282 e. The van der Waals surface area contributed by atoms with Gasteiger partial charge in [-0.1, -0.05) is 39.0 Å².